The molecule has 0 amide bonds. The lowest BCUT2D eigenvalue weighted by molar-refractivity contribution is -0.0803. The molecule has 3 fully saturated rings. The summed E-state index contributed by atoms with van der Waals surface area (Å²) in [6, 6.07) is 19.7. The Morgan fingerprint density at radius 2 is 1.94 bits per heavy atom. The van der Waals surface area contributed by atoms with Crippen LogP contribution in [0.25, 0.3) is 10.9 Å². The molecule has 3 nitrogen and oxygen atoms in total. The van der Waals surface area contributed by atoms with Crippen molar-refractivity contribution in [3.05, 3.63) is 90.1 Å². The van der Waals surface area contributed by atoms with Crippen LogP contribution in [0.1, 0.15) is 35.6 Å². The fraction of sp³-hybridized carbons (Fsp3) is 0.370. The number of alkyl halides is 1. The first-order valence-corrected chi connectivity index (χ1v) is 12.3. The summed E-state index contributed by atoms with van der Waals surface area (Å²) >= 11 is 3.53. The first-order valence-electron chi connectivity index (χ1n) is 11.2. The fourth-order valence-electron chi connectivity index (χ4n) is 5.38. The Kier molecular flexibility index (Phi) is 6.22. The summed E-state index contributed by atoms with van der Waals surface area (Å²) in [5.74, 6) is 1.32. The van der Waals surface area contributed by atoms with Crippen molar-refractivity contribution in [1.82, 2.24) is 9.88 Å². The predicted molar refractivity (Wildman–Crippen MR) is 130 cm³/mol. The first kappa shape index (κ1) is 20.9. The topological polar surface area (TPSA) is 25.4 Å². The molecule has 3 saturated heterocycles. The highest BCUT2D eigenvalue weighted by atomic mass is 79.9. The van der Waals surface area contributed by atoms with Crippen molar-refractivity contribution in [2.75, 3.05) is 13.1 Å². The Balaban J connectivity index is 1.47. The lowest BCUT2D eigenvalue weighted by atomic mass is 9.73. The summed E-state index contributed by atoms with van der Waals surface area (Å²) in [4.78, 5) is 7.23. The van der Waals surface area contributed by atoms with Crippen molar-refractivity contribution in [1.29, 1.82) is 0 Å². The summed E-state index contributed by atoms with van der Waals surface area (Å²) in [5, 5.41) is 2.08. The van der Waals surface area contributed by atoms with Gasteiger partial charge in [-0.05, 0) is 60.0 Å². The molecule has 3 aromatic rings. The van der Waals surface area contributed by atoms with Crippen LogP contribution in [0.2, 0.25) is 0 Å². The van der Waals surface area contributed by atoms with Crippen LogP contribution in [-0.2, 0) is 16.7 Å². The van der Waals surface area contributed by atoms with E-state index < -0.39 is 0 Å². The largest absolute Gasteiger partial charge is 0.367 e. The molecule has 2 aromatic carbocycles. The van der Waals surface area contributed by atoms with Crippen LogP contribution in [0.5, 0.6) is 0 Å². The number of piperidine rings is 3. The zero-order valence-corrected chi connectivity index (χ0v) is 19.4. The third kappa shape index (κ3) is 4.21. The molecule has 6 rings (SSSR count). The van der Waals surface area contributed by atoms with Gasteiger partial charge < -0.3 is 4.74 Å². The molecule has 31 heavy (non-hydrogen) atoms. The standard InChI is InChI=1S/C27H29BrN2O/c1-2-21-17-30-14-12-22(21)15-26(30)27(31-18-20-9-7-19(16-28)8-10-20)24-11-13-29-25-6-4-3-5-23(24)25/h2-11,13,21-22,26-27H,1,12,14-18H2/t21-,22-,26-,27+/m0/s1. The van der Waals surface area contributed by atoms with E-state index in [1.807, 2.05) is 6.20 Å². The predicted octanol–water partition coefficient (Wildman–Crippen LogP) is 6.28. The quantitative estimate of drug-likeness (QED) is 0.296. The average Bonchev–Trinajstić information content (AvgIpc) is 2.85. The molecule has 5 atom stereocenters. The van der Waals surface area contributed by atoms with Crippen molar-refractivity contribution in [3.8, 4) is 0 Å². The van der Waals surface area contributed by atoms with Crippen molar-refractivity contribution in [3.63, 3.8) is 0 Å². The highest BCUT2D eigenvalue weighted by Crippen LogP contribution is 2.43. The van der Waals surface area contributed by atoms with E-state index in [-0.39, 0.29) is 6.10 Å². The van der Waals surface area contributed by atoms with E-state index in [1.54, 1.807) is 0 Å². The van der Waals surface area contributed by atoms with Crippen LogP contribution in [0.3, 0.4) is 0 Å². The van der Waals surface area contributed by atoms with Crippen LogP contribution >= 0.6 is 15.9 Å². The van der Waals surface area contributed by atoms with Gasteiger partial charge in [-0.2, -0.15) is 0 Å². The van der Waals surface area contributed by atoms with Gasteiger partial charge in [0.2, 0.25) is 0 Å². The van der Waals surface area contributed by atoms with Gasteiger partial charge in [-0.3, -0.25) is 9.88 Å². The number of hydrogen-bond donors (Lipinski definition) is 0. The molecule has 1 aromatic heterocycles. The van der Waals surface area contributed by atoms with Gasteiger partial charge in [-0.15, -0.1) is 6.58 Å². The lowest BCUT2D eigenvalue weighted by Gasteiger charge is -2.51. The number of aromatic nitrogens is 1. The fourth-order valence-corrected chi connectivity index (χ4v) is 5.75. The van der Waals surface area contributed by atoms with E-state index in [2.05, 4.69) is 93.1 Å². The maximum atomic E-state index is 6.75. The number of halogens is 1. The van der Waals surface area contributed by atoms with Gasteiger partial charge >= 0.3 is 0 Å². The van der Waals surface area contributed by atoms with Gasteiger partial charge in [0.25, 0.3) is 0 Å². The van der Waals surface area contributed by atoms with E-state index in [4.69, 9.17) is 4.74 Å². The minimum atomic E-state index is 0.0253. The summed E-state index contributed by atoms with van der Waals surface area (Å²) in [7, 11) is 0. The van der Waals surface area contributed by atoms with Gasteiger partial charge in [0.05, 0.1) is 18.2 Å². The van der Waals surface area contributed by atoms with Crippen molar-refractivity contribution in [2.45, 2.75) is 36.9 Å². The van der Waals surface area contributed by atoms with E-state index in [0.717, 1.165) is 23.9 Å². The summed E-state index contributed by atoms with van der Waals surface area (Å²) in [6.07, 6.45) is 6.56. The zero-order valence-electron chi connectivity index (χ0n) is 17.8. The van der Waals surface area contributed by atoms with Crippen molar-refractivity contribution < 1.29 is 4.74 Å². The van der Waals surface area contributed by atoms with Gasteiger partial charge in [-0.25, -0.2) is 0 Å². The van der Waals surface area contributed by atoms with E-state index in [0.29, 0.717) is 24.5 Å². The zero-order chi connectivity index (χ0) is 21.2. The van der Waals surface area contributed by atoms with Gasteiger partial charge in [0, 0.05) is 29.5 Å². The monoisotopic (exact) mass is 476 g/mol. The molecule has 0 N–H and O–H groups in total. The second kappa shape index (κ2) is 9.23. The second-order valence-electron chi connectivity index (χ2n) is 8.85. The van der Waals surface area contributed by atoms with Gasteiger partial charge in [-0.1, -0.05) is 64.5 Å². The molecule has 0 radical (unpaired) electrons. The van der Waals surface area contributed by atoms with Gasteiger partial charge in [0.15, 0.2) is 0 Å². The molecule has 3 aliphatic heterocycles. The van der Waals surface area contributed by atoms with E-state index in [1.165, 1.54) is 34.9 Å². The van der Waals surface area contributed by atoms with E-state index in [9.17, 15) is 0 Å². The van der Waals surface area contributed by atoms with Crippen LogP contribution in [0.15, 0.2) is 73.4 Å². The third-order valence-corrected chi connectivity index (χ3v) is 7.75. The maximum absolute atomic E-state index is 6.75. The lowest BCUT2D eigenvalue weighted by Crippen LogP contribution is -2.55. The Morgan fingerprint density at radius 1 is 1.13 bits per heavy atom. The van der Waals surface area contributed by atoms with Crippen LogP contribution in [-0.4, -0.2) is 29.0 Å². The SMILES string of the molecule is C=C[C@H]1CN2CC[C@H]1C[C@H]2[C@H](OCc1ccc(CBr)cc1)c1ccnc2ccccc12. The molecular weight excluding hydrogens is 448 g/mol. The van der Waals surface area contributed by atoms with Crippen molar-refractivity contribution >= 4 is 26.8 Å². The minimum Gasteiger partial charge on any atom is -0.367 e. The highest BCUT2D eigenvalue weighted by molar-refractivity contribution is 9.08. The number of ether oxygens (including phenoxy) is 1. The molecule has 0 spiro atoms. The average molecular weight is 477 g/mol. The summed E-state index contributed by atoms with van der Waals surface area (Å²) in [5.41, 5.74) is 4.80. The molecule has 160 valence electrons. The molecule has 4 heteroatoms. The third-order valence-electron chi connectivity index (χ3n) is 7.10. The van der Waals surface area contributed by atoms with Crippen LogP contribution in [0, 0.1) is 11.8 Å². The van der Waals surface area contributed by atoms with Crippen LogP contribution < -0.4 is 0 Å². The Morgan fingerprint density at radius 3 is 2.68 bits per heavy atom. The number of fused-ring (bicyclic) bond motifs is 4. The molecule has 0 saturated carbocycles. The molecular formula is C27H29BrN2O. The molecule has 1 unspecified atom stereocenters. The molecule has 3 aliphatic rings. The molecule has 4 heterocycles. The highest BCUT2D eigenvalue weighted by Gasteiger charge is 2.43. The number of hydrogen-bond acceptors (Lipinski definition) is 3. The second-order valence-corrected chi connectivity index (χ2v) is 9.41. The van der Waals surface area contributed by atoms with Crippen LogP contribution in [0.4, 0.5) is 0 Å². The Labute approximate surface area is 193 Å². The Hall–Kier alpha value is -2.01. The van der Waals surface area contributed by atoms with Crippen molar-refractivity contribution in [2.24, 2.45) is 11.8 Å². The van der Waals surface area contributed by atoms with Gasteiger partial charge in [0.1, 0.15) is 0 Å². The summed E-state index contributed by atoms with van der Waals surface area (Å²) < 4.78 is 6.75. The van der Waals surface area contributed by atoms with E-state index >= 15 is 0 Å². The number of para-hydroxylation sites is 1. The smallest absolute Gasteiger partial charge is 0.0991 e. The maximum Gasteiger partial charge on any atom is 0.0991 e. The summed E-state index contributed by atoms with van der Waals surface area (Å²) in [6.45, 7) is 6.96. The number of nitrogens with zero attached hydrogens (tertiary/aromatic N) is 2. The molecule has 2 bridgehead atoms. The number of benzene rings is 2. The minimum absolute atomic E-state index is 0.0253. The normalized spacial score (nSPS) is 26.1. The Bertz CT molecular complexity index is 1050. The number of pyridine rings is 1. The first-order chi connectivity index (χ1) is 15.3. The molecule has 0 aliphatic carbocycles. The number of rotatable bonds is 7.